The number of rotatable bonds is 10. The zero-order valence-corrected chi connectivity index (χ0v) is 24.8. The first kappa shape index (κ1) is 33.4. The molecule has 1 saturated heterocycles. The zero-order chi connectivity index (χ0) is 31.0. The minimum atomic E-state index is -4.67. The van der Waals surface area contributed by atoms with Crippen LogP contribution in [0.2, 0.25) is 0 Å². The Morgan fingerprint density at radius 1 is 0.857 bits per heavy atom. The third-order valence-corrected chi connectivity index (χ3v) is 8.11. The van der Waals surface area contributed by atoms with Gasteiger partial charge in [-0.1, -0.05) is 84.9 Å². The number of aliphatic hydroxyl groups is 2. The van der Waals surface area contributed by atoms with E-state index in [1.807, 2.05) is 72.8 Å². The summed E-state index contributed by atoms with van der Waals surface area (Å²) in [7, 11) is -4.67. The number of carbonyl (C=O) groups is 1. The Bertz CT molecular complexity index is 1320. The normalized spacial score (nSPS) is 15.9. The van der Waals surface area contributed by atoms with E-state index in [1.165, 1.54) is 0 Å². The molecule has 0 aromatic heterocycles. The van der Waals surface area contributed by atoms with Crippen molar-refractivity contribution in [1.82, 2.24) is 4.90 Å². The van der Waals surface area contributed by atoms with Crippen LogP contribution in [0.1, 0.15) is 67.9 Å². The summed E-state index contributed by atoms with van der Waals surface area (Å²) in [4.78, 5) is 13.9. The quantitative estimate of drug-likeness (QED) is 0.206. The van der Waals surface area contributed by atoms with Gasteiger partial charge in [0.25, 0.3) is 0 Å². The number of hydrogen-bond donors (Lipinski definition) is 5. The van der Waals surface area contributed by atoms with Crippen molar-refractivity contribution in [3.63, 3.8) is 0 Å². The Morgan fingerprint density at radius 3 is 1.74 bits per heavy atom. The van der Waals surface area contributed by atoms with Crippen LogP contribution in [-0.4, -0.2) is 63.3 Å². The van der Waals surface area contributed by atoms with Crippen LogP contribution in [0.25, 0.3) is 0 Å². The molecule has 0 spiro atoms. The molecule has 9 nitrogen and oxygen atoms in total. The molecule has 1 aliphatic heterocycles. The molecule has 1 heterocycles. The largest absolute Gasteiger partial charge is 0.481 e. The molecule has 5 N–H and O–H groups in total. The van der Waals surface area contributed by atoms with Crippen LogP contribution in [0.3, 0.4) is 0 Å². The minimum absolute atomic E-state index is 0.132. The smallest absolute Gasteiger partial charge is 0.394 e. The third kappa shape index (κ3) is 8.94. The van der Waals surface area contributed by atoms with Crippen LogP contribution >= 0.6 is 0 Å². The number of aliphatic carboxylic acids is 1. The summed E-state index contributed by atoms with van der Waals surface area (Å²) < 4.78 is 31.6. The van der Waals surface area contributed by atoms with Crippen molar-refractivity contribution in [3.05, 3.63) is 107 Å². The van der Waals surface area contributed by atoms with Gasteiger partial charge in [0, 0.05) is 0 Å². The van der Waals surface area contributed by atoms with Gasteiger partial charge in [-0.05, 0) is 87.3 Å². The summed E-state index contributed by atoms with van der Waals surface area (Å²) in [6.07, 6.45) is 2.77. The zero-order valence-electron chi connectivity index (χ0n) is 24.0. The summed E-state index contributed by atoms with van der Waals surface area (Å²) >= 11 is 0. The van der Waals surface area contributed by atoms with Gasteiger partial charge in [-0.3, -0.25) is 13.9 Å². The van der Waals surface area contributed by atoms with Crippen molar-refractivity contribution in [2.24, 2.45) is 5.92 Å². The molecule has 4 rings (SSSR count). The van der Waals surface area contributed by atoms with E-state index in [-0.39, 0.29) is 5.92 Å². The summed E-state index contributed by atoms with van der Waals surface area (Å²) in [6.45, 7) is 6.11. The predicted octanol–water partition coefficient (Wildman–Crippen LogP) is 4.86. The first-order chi connectivity index (χ1) is 19.7. The fourth-order valence-corrected chi connectivity index (χ4v) is 5.52. The lowest BCUT2D eigenvalue weighted by Gasteiger charge is -2.42. The highest BCUT2D eigenvalue weighted by atomic mass is 32.3. The highest BCUT2D eigenvalue weighted by Gasteiger charge is 2.41. The van der Waals surface area contributed by atoms with Crippen LogP contribution in [0.15, 0.2) is 84.9 Å². The standard InChI is InChI=1S/C32H39NO4.H2O4S/c1-31(2,30(35)36)25-17-15-24(16-18-25)29(34)14-9-21-33-22-19-28(20-23-33)32(37,26-10-5-3-6-11-26)27-12-7-4-8-13-27;1-5(2,3)4/h3-8,10-13,15-18,28-29,34,37H,9,14,19-23H2,1-2H3,(H,35,36);(H2,1,2,3,4). The molecule has 42 heavy (non-hydrogen) atoms. The average Bonchev–Trinajstić information content (AvgIpc) is 2.97. The lowest BCUT2D eigenvalue weighted by Crippen LogP contribution is -2.44. The van der Waals surface area contributed by atoms with E-state index in [9.17, 15) is 20.1 Å². The highest BCUT2D eigenvalue weighted by Crippen LogP contribution is 2.42. The molecule has 3 aromatic rings. The van der Waals surface area contributed by atoms with Crippen LogP contribution in [0.5, 0.6) is 0 Å². The van der Waals surface area contributed by atoms with Crippen molar-refractivity contribution in [2.45, 2.75) is 56.7 Å². The first-order valence-electron chi connectivity index (χ1n) is 14.0. The van der Waals surface area contributed by atoms with Crippen molar-refractivity contribution in [2.75, 3.05) is 19.6 Å². The Balaban J connectivity index is 0.000000892. The second kappa shape index (κ2) is 14.4. The molecule has 1 atom stereocenters. The van der Waals surface area contributed by atoms with Crippen molar-refractivity contribution in [3.8, 4) is 0 Å². The van der Waals surface area contributed by atoms with Gasteiger partial charge in [-0.2, -0.15) is 8.42 Å². The summed E-state index contributed by atoms with van der Waals surface area (Å²) in [5.74, 6) is -0.733. The lowest BCUT2D eigenvalue weighted by atomic mass is 9.72. The number of nitrogens with zero attached hydrogens (tertiary/aromatic N) is 1. The van der Waals surface area contributed by atoms with Crippen molar-refractivity contribution >= 4 is 16.4 Å². The van der Waals surface area contributed by atoms with Gasteiger partial charge in [0.05, 0.1) is 11.5 Å². The van der Waals surface area contributed by atoms with Crippen LogP contribution < -0.4 is 0 Å². The maximum atomic E-state index is 12.1. The summed E-state index contributed by atoms with van der Waals surface area (Å²) in [6, 6.07) is 27.3. The van der Waals surface area contributed by atoms with E-state index in [4.69, 9.17) is 17.5 Å². The number of aliphatic hydroxyl groups excluding tert-OH is 1. The molecule has 0 amide bonds. The van der Waals surface area contributed by atoms with Crippen LogP contribution in [-0.2, 0) is 26.2 Å². The van der Waals surface area contributed by atoms with Gasteiger partial charge < -0.3 is 20.2 Å². The molecule has 0 bridgehead atoms. The van der Waals surface area contributed by atoms with Gasteiger partial charge >= 0.3 is 16.4 Å². The van der Waals surface area contributed by atoms with E-state index in [1.54, 1.807) is 26.0 Å². The molecular weight excluding hydrogens is 558 g/mol. The lowest BCUT2D eigenvalue weighted by molar-refractivity contribution is -0.142. The summed E-state index contributed by atoms with van der Waals surface area (Å²) in [5, 5.41) is 32.2. The molecule has 1 unspecified atom stereocenters. The van der Waals surface area contributed by atoms with E-state index in [0.29, 0.717) is 6.42 Å². The van der Waals surface area contributed by atoms with Gasteiger partial charge in [0.15, 0.2) is 0 Å². The molecule has 10 heteroatoms. The maximum absolute atomic E-state index is 12.1. The van der Waals surface area contributed by atoms with E-state index >= 15 is 0 Å². The fourth-order valence-electron chi connectivity index (χ4n) is 5.52. The summed E-state index contributed by atoms with van der Waals surface area (Å²) in [5.41, 5.74) is 1.47. The second-order valence-electron chi connectivity index (χ2n) is 11.3. The van der Waals surface area contributed by atoms with Gasteiger partial charge in [0.2, 0.25) is 0 Å². The number of carboxylic acid groups (broad SMARTS) is 1. The first-order valence-corrected chi connectivity index (χ1v) is 15.4. The monoisotopic (exact) mass is 599 g/mol. The molecule has 0 aliphatic carbocycles. The Kier molecular flexibility index (Phi) is 11.4. The van der Waals surface area contributed by atoms with Crippen LogP contribution in [0.4, 0.5) is 0 Å². The van der Waals surface area contributed by atoms with Crippen LogP contribution in [0, 0.1) is 5.92 Å². The highest BCUT2D eigenvalue weighted by molar-refractivity contribution is 7.79. The van der Waals surface area contributed by atoms with Gasteiger partial charge in [-0.15, -0.1) is 0 Å². The molecular formula is C32H41NO8S. The Morgan fingerprint density at radius 2 is 1.31 bits per heavy atom. The fraction of sp³-hybridized carbons (Fsp3) is 0.406. The van der Waals surface area contributed by atoms with E-state index in [2.05, 4.69) is 4.90 Å². The Hall–Kier alpha value is -3.12. The predicted molar refractivity (Wildman–Crippen MR) is 161 cm³/mol. The Labute approximate surface area is 248 Å². The molecule has 0 radical (unpaired) electrons. The number of piperidine rings is 1. The van der Waals surface area contributed by atoms with E-state index < -0.39 is 33.5 Å². The maximum Gasteiger partial charge on any atom is 0.394 e. The average molecular weight is 600 g/mol. The number of hydrogen-bond acceptors (Lipinski definition) is 6. The SMILES string of the molecule is CC(C)(C(=O)O)c1ccc(C(O)CCCN2CCC(C(O)(c3ccccc3)c3ccccc3)CC2)cc1.O=S(=O)(O)O. The second-order valence-corrected chi connectivity index (χ2v) is 12.2. The minimum Gasteiger partial charge on any atom is -0.481 e. The molecule has 1 aliphatic rings. The number of likely N-dealkylation sites (tertiary alicyclic amines) is 1. The van der Waals surface area contributed by atoms with Crippen molar-refractivity contribution < 1.29 is 37.6 Å². The van der Waals surface area contributed by atoms with Gasteiger partial charge in [-0.25, -0.2) is 0 Å². The topological polar surface area (TPSA) is 156 Å². The molecule has 1 fully saturated rings. The molecule has 228 valence electrons. The molecule has 3 aromatic carbocycles. The van der Waals surface area contributed by atoms with Crippen molar-refractivity contribution in [1.29, 1.82) is 0 Å². The number of carboxylic acids is 1. The number of benzene rings is 3. The van der Waals surface area contributed by atoms with Gasteiger partial charge in [0.1, 0.15) is 5.60 Å². The molecule has 0 saturated carbocycles. The third-order valence-electron chi connectivity index (χ3n) is 8.11. The van der Waals surface area contributed by atoms with E-state index in [0.717, 1.165) is 61.2 Å².